The highest BCUT2D eigenvalue weighted by Crippen LogP contribution is 2.35. The Kier molecular flexibility index (Phi) is 6.45. The van der Waals surface area contributed by atoms with Crippen LogP contribution < -0.4 is 10.1 Å². The first-order valence-corrected chi connectivity index (χ1v) is 9.87. The number of nitrogens with one attached hydrogen (secondary N) is 1. The highest BCUT2D eigenvalue weighted by molar-refractivity contribution is 6.03. The van der Waals surface area contributed by atoms with Gasteiger partial charge in [-0.25, -0.2) is 9.67 Å². The Bertz CT molecular complexity index is 1060. The molecule has 0 fully saturated rings. The fourth-order valence-corrected chi connectivity index (χ4v) is 3.26. The van der Waals surface area contributed by atoms with Crippen molar-refractivity contribution in [3.05, 3.63) is 41.7 Å². The number of hydrogen-bond acceptors (Lipinski definition) is 5. The zero-order valence-electron chi connectivity index (χ0n) is 17.0. The molecule has 1 aromatic carbocycles. The van der Waals surface area contributed by atoms with Crippen molar-refractivity contribution in [2.24, 2.45) is 7.05 Å². The number of aryl methyl sites for hydroxylation is 1. The third kappa shape index (κ3) is 4.21. The van der Waals surface area contributed by atoms with Crippen LogP contribution in [0.15, 0.2) is 30.5 Å². The number of pyridine rings is 1. The van der Waals surface area contributed by atoms with Crippen molar-refractivity contribution in [3.63, 3.8) is 0 Å². The van der Waals surface area contributed by atoms with Crippen LogP contribution in [-0.4, -0.2) is 33.8 Å². The van der Waals surface area contributed by atoms with Crippen LogP contribution in [0, 0.1) is 11.3 Å². The van der Waals surface area contributed by atoms with Gasteiger partial charge in [0.05, 0.1) is 29.4 Å². The zero-order chi connectivity index (χ0) is 20.8. The number of carbonyl (C=O) groups is 1. The van der Waals surface area contributed by atoms with Crippen molar-refractivity contribution in [2.45, 2.75) is 33.1 Å². The van der Waals surface area contributed by atoms with E-state index in [-0.39, 0.29) is 11.6 Å². The van der Waals surface area contributed by atoms with Crippen molar-refractivity contribution >= 4 is 16.8 Å². The van der Waals surface area contributed by atoms with Gasteiger partial charge in [0, 0.05) is 24.5 Å². The molecule has 3 aromatic rings. The minimum absolute atomic E-state index is 0.251. The van der Waals surface area contributed by atoms with Gasteiger partial charge in [0.1, 0.15) is 11.8 Å². The number of fused-ring (bicyclic) bond motifs is 1. The minimum atomic E-state index is -0.251. The Morgan fingerprint density at radius 1 is 1.28 bits per heavy atom. The maximum atomic E-state index is 12.7. The van der Waals surface area contributed by atoms with Gasteiger partial charge in [0.25, 0.3) is 5.91 Å². The number of rotatable bonds is 8. The van der Waals surface area contributed by atoms with E-state index in [0.29, 0.717) is 30.1 Å². The Balaban J connectivity index is 2.14. The monoisotopic (exact) mass is 391 g/mol. The molecule has 0 bridgehead atoms. The lowest BCUT2D eigenvalue weighted by Crippen LogP contribution is -2.25. The average Bonchev–Trinajstić information content (AvgIpc) is 3.10. The molecule has 2 aromatic heterocycles. The number of benzene rings is 1. The van der Waals surface area contributed by atoms with Gasteiger partial charge in [-0.1, -0.05) is 31.9 Å². The fraction of sp³-hybridized carbons (Fsp3) is 0.364. The van der Waals surface area contributed by atoms with Crippen LogP contribution in [0.1, 0.15) is 49.2 Å². The standard InChI is InChI=1S/C22H25N5O2/c1-4-6-7-11-24-21(28)19-12-17(18-14-25-27(3)22(18)29-5-2)16-10-8-9-15(13-23)20(16)26-19/h8-10,12,14H,4-7,11H2,1-3H3,(H,24,28). The van der Waals surface area contributed by atoms with E-state index in [0.717, 1.165) is 35.8 Å². The molecule has 0 aliphatic heterocycles. The lowest BCUT2D eigenvalue weighted by Gasteiger charge is -2.12. The van der Waals surface area contributed by atoms with Crippen molar-refractivity contribution < 1.29 is 9.53 Å². The van der Waals surface area contributed by atoms with Gasteiger partial charge in [-0.15, -0.1) is 0 Å². The second-order valence-corrected chi connectivity index (χ2v) is 6.75. The molecule has 3 rings (SSSR count). The number of nitriles is 1. The first-order chi connectivity index (χ1) is 14.1. The Hall–Kier alpha value is -3.40. The molecule has 150 valence electrons. The van der Waals surface area contributed by atoms with Gasteiger partial charge in [-0.2, -0.15) is 10.4 Å². The Morgan fingerprint density at radius 3 is 2.83 bits per heavy atom. The number of carbonyl (C=O) groups excluding carboxylic acids is 1. The summed E-state index contributed by atoms with van der Waals surface area (Å²) in [5.74, 6) is 0.357. The highest BCUT2D eigenvalue weighted by atomic mass is 16.5. The molecule has 0 spiro atoms. The normalized spacial score (nSPS) is 10.7. The molecule has 29 heavy (non-hydrogen) atoms. The molecule has 1 amide bonds. The van der Waals surface area contributed by atoms with Gasteiger partial charge < -0.3 is 10.1 Å². The maximum absolute atomic E-state index is 12.7. The number of nitrogens with zero attached hydrogens (tertiary/aromatic N) is 4. The third-order valence-corrected chi connectivity index (χ3v) is 4.71. The number of para-hydroxylation sites is 1. The van der Waals surface area contributed by atoms with Crippen LogP contribution in [0.4, 0.5) is 0 Å². The molecular weight excluding hydrogens is 366 g/mol. The predicted octanol–water partition coefficient (Wildman–Crippen LogP) is 3.83. The summed E-state index contributed by atoms with van der Waals surface area (Å²) in [6, 6.07) is 9.33. The van der Waals surface area contributed by atoms with Crippen LogP contribution in [0.3, 0.4) is 0 Å². The van der Waals surface area contributed by atoms with Gasteiger partial charge in [0.2, 0.25) is 5.88 Å². The summed E-state index contributed by atoms with van der Waals surface area (Å²) >= 11 is 0. The minimum Gasteiger partial charge on any atom is -0.478 e. The topological polar surface area (TPSA) is 92.8 Å². The molecule has 0 unspecified atom stereocenters. The van der Waals surface area contributed by atoms with E-state index in [1.165, 1.54) is 0 Å². The molecule has 0 saturated heterocycles. The first kappa shape index (κ1) is 20.3. The molecule has 0 radical (unpaired) electrons. The fourth-order valence-electron chi connectivity index (χ4n) is 3.26. The van der Waals surface area contributed by atoms with Gasteiger partial charge in [0.15, 0.2) is 0 Å². The van der Waals surface area contributed by atoms with E-state index < -0.39 is 0 Å². The summed E-state index contributed by atoms with van der Waals surface area (Å²) in [5.41, 5.74) is 2.72. The van der Waals surface area contributed by atoms with Crippen LogP contribution in [-0.2, 0) is 7.05 Å². The molecular formula is C22H25N5O2. The lowest BCUT2D eigenvalue weighted by atomic mass is 10.00. The number of amides is 1. The molecule has 0 aliphatic rings. The number of ether oxygens (including phenoxy) is 1. The van der Waals surface area contributed by atoms with Crippen LogP contribution >= 0.6 is 0 Å². The summed E-state index contributed by atoms with van der Waals surface area (Å²) < 4.78 is 7.43. The van der Waals surface area contributed by atoms with Crippen molar-refractivity contribution in [2.75, 3.05) is 13.2 Å². The van der Waals surface area contributed by atoms with E-state index in [9.17, 15) is 10.1 Å². The van der Waals surface area contributed by atoms with Gasteiger partial charge in [-0.05, 0) is 25.5 Å². The van der Waals surface area contributed by atoms with E-state index in [2.05, 4.69) is 28.4 Å². The Morgan fingerprint density at radius 2 is 2.10 bits per heavy atom. The molecule has 1 N–H and O–H groups in total. The van der Waals surface area contributed by atoms with E-state index >= 15 is 0 Å². The molecule has 7 heteroatoms. The average molecular weight is 391 g/mol. The van der Waals surface area contributed by atoms with Gasteiger partial charge >= 0.3 is 0 Å². The van der Waals surface area contributed by atoms with E-state index in [1.54, 1.807) is 30.1 Å². The molecule has 0 saturated carbocycles. The number of hydrogen-bond donors (Lipinski definition) is 1. The van der Waals surface area contributed by atoms with Crippen LogP contribution in [0.2, 0.25) is 0 Å². The zero-order valence-corrected chi connectivity index (χ0v) is 17.0. The van der Waals surface area contributed by atoms with Gasteiger partial charge in [-0.3, -0.25) is 4.79 Å². The third-order valence-electron chi connectivity index (χ3n) is 4.71. The molecule has 7 nitrogen and oxygen atoms in total. The van der Waals surface area contributed by atoms with Crippen LogP contribution in [0.5, 0.6) is 5.88 Å². The predicted molar refractivity (Wildman–Crippen MR) is 112 cm³/mol. The van der Waals surface area contributed by atoms with E-state index in [4.69, 9.17) is 4.74 Å². The SMILES string of the molecule is CCCCCNC(=O)c1cc(-c2cnn(C)c2OCC)c2cccc(C#N)c2n1. The van der Waals surface area contributed by atoms with Crippen LogP contribution in [0.25, 0.3) is 22.0 Å². The second-order valence-electron chi connectivity index (χ2n) is 6.75. The summed E-state index contributed by atoms with van der Waals surface area (Å²) in [4.78, 5) is 17.3. The summed E-state index contributed by atoms with van der Waals surface area (Å²) in [6.07, 6.45) is 4.77. The Labute approximate surface area is 170 Å². The second kappa shape index (κ2) is 9.20. The number of aromatic nitrogens is 3. The molecule has 0 aliphatic carbocycles. The summed E-state index contributed by atoms with van der Waals surface area (Å²) in [5, 5.41) is 17.6. The van der Waals surface area contributed by atoms with E-state index in [1.807, 2.05) is 19.1 Å². The molecule has 0 atom stereocenters. The smallest absolute Gasteiger partial charge is 0.269 e. The highest BCUT2D eigenvalue weighted by Gasteiger charge is 2.19. The maximum Gasteiger partial charge on any atom is 0.269 e. The molecule has 2 heterocycles. The summed E-state index contributed by atoms with van der Waals surface area (Å²) in [7, 11) is 1.81. The first-order valence-electron chi connectivity index (χ1n) is 9.87. The largest absolute Gasteiger partial charge is 0.478 e. The van der Waals surface area contributed by atoms with Crippen molar-refractivity contribution in [1.29, 1.82) is 5.26 Å². The quantitative estimate of drug-likeness (QED) is 0.589. The summed E-state index contributed by atoms with van der Waals surface area (Å²) in [6.45, 7) is 5.11. The lowest BCUT2D eigenvalue weighted by molar-refractivity contribution is 0.0948. The van der Waals surface area contributed by atoms with Crippen molar-refractivity contribution in [1.82, 2.24) is 20.1 Å². The number of unbranched alkanes of at least 4 members (excludes halogenated alkanes) is 2. The van der Waals surface area contributed by atoms with Crippen molar-refractivity contribution in [3.8, 4) is 23.1 Å².